The van der Waals surface area contributed by atoms with Gasteiger partial charge in [-0.15, -0.1) is 0 Å². The van der Waals surface area contributed by atoms with Crippen LogP contribution in [0, 0.1) is 5.92 Å². The number of hydrogen-bond acceptors (Lipinski definition) is 2. The number of rotatable bonds is 6. The summed E-state index contributed by atoms with van der Waals surface area (Å²) in [5.41, 5.74) is 1.31. The molecule has 1 saturated carbocycles. The molecule has 0 amide bonds. The van der Waals surface area contributed by atoms with E-state index in [4.69, 9.17) is 0 Å². The van der Waals surface area contributed by atoms with Gasteiger partial charge in [0.1, 0.15) is 5.75 Å². The quantitative estimate of drug-likeness (QED) is 0.760. The third-order valence-electron chi connectivity index (χ3n) is 4.53. The Balaban J connectivity index is 1.64. The Morgan fingerprint density at radius 3 is 2.40 bits per heavy atom. The topological polar surface area (TPSA) is 32.3 Å². The predicted octanol–water partition coefficient (Wildman–Crippen LogP) is 4.27. The van der Waals surface area contributed by atoms with Crippen LogP contribution in [-0.2, 0) is 6.42 Å². The average molecular weight is 275 g/mol. The van der Waals surface area contributed by atoms with E-state index < -0.39 is 0 Å². The summed E-state index contributed by atoms with van der Waals surface area (Å²) in [5, 5.41) is 13.0. The molecule has 2 heteroatoms. The highest BCUT2D eigenvalue weighted by Crippen LogP contribution is 2.22. The summed E-state index contributed by atoms with van der Waals surface area (Å²) >= 11 is 0. The molecule has 0 heterocycles. The molecule has 1 aromatic rings. The standard InChI is InChI=1S/C18H29NO/c1-15(8-9-16-10-12-18(20)13-11-16)19-14-17-6-4-2-3-5-7-17/h10-13,15,17,19-20H,2-9,14H2,1H3. The number of phenolic OH excluding ortho intramolecular Hbond substituents is 1. The molecular weight excluding hydrogens is 246 g/mol. The lowest BCUT2D eigenvalue weighted by Gasteiger charge is -2.19. The highest BCUT2D eigenvalue weighted by Gasteiger charge is 2.13. The first-order valence-electron chi connectivity index (χ1n) is 8.25. The van der Waals surface area contributed by atoms with Gasteiger partial charge in [0.15, 0.2) is 0 Å². The summed E-state index contributed by atoms with van der Waals surface area (Å²) in [4.78, 5) is 0. The molecule has 1 atom stereocenters. The Hall–Kier alpha value is -1.02. The van der Waals surface area contributed by atoms with Crippen LogP contribution >= 0.6 is 0 Å². The molecule has 1 fully saturated rings. The summed E-state index contributed by atoms with van der Waals surface area (Å²) in [5.74, 6) is 1.25. The van der Waals surface area contributed by atoms with Crippen molar-refractivity contribution in [3.8, 4) is 5.75 Å². The van der Waals surface area contributed by atoms with Gasteiger partial charge in [-0.3, -0.25) is 0 Å². The van der Waals surface area contributed by atoms with Crippen molar-refractivity contribution >= 4 is 0 Å². The van der Waals surface area contributed by atoms with Crippen molar-refractivity contribution in [3.05, 3.63) is 29.8 Å². The van der Waals surface area contributed by atoms with Gasteiger partial charge in [-0.1, -0.05) is 37.8 Å². The normalized spacial score (nSPS) is 18.6. The second-order valence-electron chi connectivity index (χ2n) is 6.37. The second-order valence-corrected chi connectivity index (χ2v) is 6.37. The van der Waals surface area contributed by atoms with E-state index in [1.165, 1.54) is 50.6 Å². The van der Waals surface area contributed by atoms with Gasteiger partial charge in [0.2, 0.25) is 0 Å². The van der Waals surface area contributed by atoms with E-state index in [0.29, 0.717) is 11.8 Å². The van der Waals surface area contributed by atoms with Gasteiger partial charge in [0.25, 0.3) is 0 Å². The summed E-state index contributed by atoms with van der Waals surface area (Å²) in [6.07, 6.45) is 10.8. The van der Waals surface area contributed by atoms with Crippen molar-refractivity contribution in [1.29, 1.82) is 0 Å². The molecule has 0 bridgehead atoms. The Morgan fingerprint density at radius 1 is 1.10 bits per heavy atom. The molecule has 2 rings (SSSR count). The molecule has 0 saturated heterocycles. The van der Waals surface area contributed by atoms with Gasteiger partial charge in [0.05, 0.1) is 0 Å². The smallest absolute Gasteiger partial charge is 0.115 e. The highest BCUT2D eigenvalue weighted by molar-refractivity contribution is 5.25. The maximum Gasteiger partial charge on any atom is 0.115 e. The molecule has 0 radical (unpaired) electrons. The van der Waals surface area contributed by atoms with Crippen LogP contribution in [0.1, 0.15) is 57.4 Å². The maximum atomic E-state index is 9.27. The summed E-state index contributed by atoms with van der Waals surface area (Å²) in [7, 11) is 0. The SMILES string of the molecule is CC(CCc1ccc(O)cc1)NCC1CCCCCC1. The zero-order chi connectivity index (χ0) is 14.2. The number of aryl methyl sites for hydroxylation is 1. The summed E-state index contributed by atoms with van der Waals surface area (Å²) < 4.78 is 0. The van der Waals surface area contributed by atoms with E-state index in [1.807, 2.05) is 12.1 Å². The number of aromatic hydroxyl groups is 1. The van der Waals surface area contributed by atoms with E-state index in [9.17, 15) is 5.11 Å². The minimum absolute atomic E-state index is 0.355. The second kappa shape index (κ2) is 8.31. The lowest BCUT2D eigenvalue weighted by molar-refractivity contribution is 0.391. The van der Waals surface area contributed by atoms with Gasteiger partial charge in [-0.05, 0) is 62.8 Å². The first kappa shape index (κ1) is 15.4. The van der Waals surface area contributed by atoms with E-state index >= 15 is 0 Å². The van der Waals surface area contributed by atoms with Gasteiger partial charge < -0.3 is 10.4 Å². The van der Waals surface area contributed by atoms with Crippen molar-refractivity contribution in [3.63, 3.8) is 0 Å². The van der Waals surface area contributed by atoms with Crippen LogP contribution in [0.5, 0.6) is 5.75 Å². The minimum Gasteiger partial charge on any atom is -0.508 e. The molecule has 1 aliphatic carbocycles. The first-order chi connectivity index (χ1) is 9.74. The first-order valence-corrected chi connectivity index (χ1v) is 8.25. The lowest BCUT2D eigenvalue weighted by atomic mass is 9.99. The van der Waals surface area contributed by atoms with Gasteiger partial charge in [-0.2, -0.15) is 0 Å². The van der Waals surface area contributed by atoms with Crippen LogP contribution in [-0.4, -0.2) is 17.7 Å². The molecule has 0 aromatic heterocycles. The molecule has 2 N–H and O–H groups in total. The fraction of sp³-hybridized carbons (Fsp3) is 0.667. The van der Waals surface area contributed by atoms with E-state index in [-0.39, 0.29) is 0 Å². The molecule has 112 valence electrons. The van der Waals surface area contributed by atoms with Gasteiger partial charge in [-0.25, -0.2) is 0 Å². The molecule has 1 unspecified atom stereocenters. The van der Waals surface area contributed by atoms with Crippen molar-refractivity contribution < 1.29 is 5.11 Å². The number of benzene rings is 1. The highest BCUT2D eigenvalue weighted by atomic mass is 16.3. The third-order valence-corrected chi connectivity index (χ3v) is 4.53. The largest absolute Gasteiger partial charge is 0.508 e. The van der Waals surface area contributed by atoms with E-state index in [0.717, 1.165) is 18.8 Å². The predicted molar refractivity (Wildman–Crippen MR) is 85.1 cm³/mol. The molecule has 1 aromatic carbocycles. The molecule has 2 nitrogen and oxygen atoms in total. The van der Waals surface area contributed by atoms with Gasteiger partial charge >= 0.3 is 0 Å². The van der Waals surface area contributed by atoms with E-state index in [1.54, 1.807) is 12.1 Å². The van der Waals surface area contributed by atoms with Crippen molar-refractivity contribution in [2.75, 3.05) is 6.54 Å². The molecule has 1 aliphatic rings. The van der Waals surface area contributed by atoms with Crippen LogP contribution < -0.4 is 5.32 Å². The molecule has 20 heavy (non-hydrogen) atoms. The Labute approximate surface area is 123 Å². The van der Waals surface area contributed by atoms with Crippen LogP contribution in [0.25, 0.3) is 0 Å². The molecule has 0 spiro atoms. The molecule has 0 aliphatic heterocycles. The minimum atomic E-state index is 0.355. The zero-order valence-corrected chi connectivity index (χ0v) is 12.8. The van der Waals surface area contributed by atoms with Crippen molar-refractivity contribution in [1.82, 2.24) is 5.32 Å². The number of hydrogen-bond donors (Lipinski definition) is 2. The van der Waals surface area contributed by atoms with Crippen LogP contribution in [0.2, 0.25) is 0 Å². The Bertz CT molecular complexity index is 366. The molecular formula is C18H29NO. The van der Waals surface area contributed by atoms with Gasteiger partial charge in [0, 0.05) is 6.04 Å². The monoisotopic (exact) mass is 275 g/mol. The maximum absolute atomic E-state index is 9.27. The van der Waals surface area contributed by atoms with Crippen molar-refractivity contribution in [2.24, 2.45) is 5.92 Å². The number of nitrogens with one attached hydrogen (secondary N) is 1. The van der Waals surface area contributed by atoms with Crippen molar-refractivity contribution in [2.45, 2.75) is 64.3 Å². The lowest BCUT2D eigenvalue weighted by Crippen LogP contribution is -2.31. The summed E-state index contributed by atoms with van der Waals surface area (Å²) in [6, 6.07) is 8.17. The fourth-order valence-electron chi connectivity index (χ4n) is 3.08. The Kier molecular flexibility index (Phi) is 6.38. The fourth-order valence-corrected chi connectivity index (χ4v) is 3.08. The Morgan fingerprint density at radius 2 is 1.75 bits per heavy atom. The zero-order valence-electron chi connectivity index (χ0n) is 12.8. The van der Waals surface area contributed by atoms with Crippen LogP contribution in [0.15, 0.2) is 24.3 Å². The van der Waals surface area contributed by atoms with Crippen LogP contribution in [0.4, 0.5) is 0 Å². The van der Waals surface area contributed by atoms with E-state index in [2.05, 4.69) is 12.2 Å². The third kappa shape index (κ3) is 5.54. The average Bonchev–Trinajstić information content (AvgIpc) is 2.73. The van der Waals surface area contributed by atoms with Crippen LogP contribution in [0.3, 0.4) is 0 Å². The number of phenols is 1. The summed E-state index contributed by atoms with van der Waals surface area (Å²) in [6.45, 7) is 3.48.